The lowest BCUT2D eigenvalue weighted by molar-refractivity contribution is -0.141. The quantitative estimate of drug-likeness (QED) is 0.0595. The van der Waals surface area contributed by atoms with Crippen LogP contribution in [-0.2, 0) is 23.7 Å². The number of nitrogens with zero attached hydrogens (tertiary/aromatic N) is 8. The number of carbonyl (C=O) groups excluding carboxylic acids is 1. The molecule has 4 aliphatic heterocycles. The summed E-state index contributed by atoms with van der Waals surface area (Å²) in [4.78, 5) is 33.5. The SMILES string of the molecule is Cn1ncc2cc(N3CC[C@@H](C(=O)N[C@H](CN4CCCC4)[C@H](O)c4ccc(OC5CC5)c(Cl)c4)C3)ccc21.Cn1ncc2cc(N3CC[C@@H](C(=O)O)C3)ccc21.N[C@H](CN1CCCC1)[C@H](O)c1ccc(OC2CC2)c(Cl)c1. The van der Waals surface area contributed by atoms with Crippen molar-refractivity contribution in [1.82, 2.24) is 34.7 Å². The van der Waals surface area contributed by atoms with E-state index >= 15 is 0 Å². The molecule has 6 aromatic rings. The van der Waals surface area contributed by atoms with Gasteiger partial charge < -0.3 is 55.4 Å². The molecule has 6 N–H and O–H groups in total. The number of aromatic nitrogens is 4. The Hall–Kier alpha value is -5.66. The number of hydrogen-bond acceptors (Lipinski definition) is 13. The molecule has 17 nitrogen and oxygen atoms in total. The van der Waals surface area contributed by atoms with E-state index in [1.54, 1.807) is 12.1 Å². The number of aliphatic hydroxyl groups excluding tert-OH is 2. The van der Waals surface area contributed by atoms with Crippen LogP contribution in [0.4, 0.5) is 11.4 Å². The van der Waals surface area contributed by atoms with Crippen molar-refractivity contribution in [3.63, 3.8) is 0 Å². The van der Waals surface area contributed by atoms with Gasteiger partial charge in [-0.3, -0.25) is 19.0 Å². The summed E-state index contributed by atoms with van der Waals surface area (Å²) in [5, 5.41) is 45.8. The number of amides is 1. The second-order valence-corrected chi connectivity index (χ2v) is 22.7. The molecule has 6 heterocycles. The number of fused-ring (bicyclic) bond motifs is 2. The molecule has 6 aliphatic rings. The number of carboxylic acid groups (broad SMARTS) is 1. The smallest absolute Gasteiger partial charge is 0.308 e. The molecule has 2 aliphatic carbocycles. The third-order valence-electron chi connectivity index (χ3n) is 16.0. The van der Waals surface area contributed by atoms with E-state index in [1.165, 1.54) is 12.8 Å². The number of nitrogens with two attached hydrogens (primary N) is 1. The van der Waals surface area contributed by atoms with Crippen LogP contribution in [0.5, 0.6) is 11.5 Å². The van der Waals surface area contributed by atoms with Crippen molar-refractivity contribution in [3.05, 3.63) is 106 Å². The fourth-order valence-electron chi connectivity index (χ4n) is 11.0. The molecule has 0 spiro atoms. The normalized spacial score (nSPS) is 21.3. The van der Waals surface area contributed by atoms with Crippen LogP contribution < -0.4 is 30.3 Å². The zero-order chi connectivity index (χ0) is 53.7. The number of nitrogens with one attached hydrogen (secondary N) is 1. The molecule has 2 aromatic heterocycles. The van der Waals surface area contributed by atoms with Gasteiger partial charge in [-0.15, -0.1) is 0 Å². The number of anilines is 2. The number of aliphatic carboxylic acids is 1. The van der Waals surface area contributed by atoms with Crippen molar-refractivity contribution in [2.45, 2.75) is 101 Å². The Labute approximate surface area is 460 Å². The largest absolute Gasteiger partial charge is 0.489 e. The van der Waals surface area contributed by atoms with E-state index in [2.05, 4.69) is 59.4 Å². The highest BCUT2D eigenvalue weighted by Crippen LogP contribution is 2.37. The summed E-state index contributed by atoms with van der Waals surface area (Å²) in [5.74, 6) is 0.280. The molecule has 4 saturated heterocycles. The van der Waals surface area contributed by atoms with Crippen molar-refractivity contribution in [1.29, 1.82) is 0 Å². The van der Waals surface area contributed by atoms with E-state index in [-0.39, 0.29) is 29.9 Å². The highest BCUT2D eigenvalue weighted by Gasteiger charge is 2.34. The minimum absolute atomic E-state index is 0.00186. The van der Waals surface area contributed by atoms with E-state index in [1.807, 2.05) is 72.3 Å². The first-order valence-electron chi connectivity index (χ1n) is 27.6. The number of aryl methyl sites for hydroxylation is 2. The standard InChI is InChI=1S/C29H36ClN5O3.C16H23ClN2O2.C13H15N3O2/c1-33-26-8-5-22(14-21(26)16-31-33)35-13-10-20(17-35)29(37)32-25(18-34-11-2-3-12-34)28(36)19-4-9-27(24(30)15-19)38-23-6-7-23;17-13-9-11(3-6-15(13)21-12-4-5-12)16(20)14(18)10-19-7-1-2-8-19;1-15-12-3-2-11(6-10(12)7-14-15)16-5-4-9(8-16)13(17)18/h4-5,8-9,14-16,20,23,25,28,36H,2-3,6-7,10-13,17-18H2,1H3,(H,32,37);3,6,9,12,14,16,20H,1-2,4-5,7-8,10,18H2;2-3,6-7,9H,4-5,8H2,1H3,(H,17,18)/t20-,25-,28-;14-,16-;9-/m111/s1. The molecule has 6 atom stereocenters. The molecular formula is C58H74Cl2N10O7. The lowest BCUT2D eigenvalue weighted by Gasteiger charge is -2.30. The summed E-state index contributed by atoms with van der Waals surface area (Å²) in [5.41, 5.74) is 12.0. The summed E-state index contributed by atoms with van der Waals surface area (Å²) >= 11 is 12.7. The molecule has 1 amide bonds. The van der Waals surface area contributed by atoms with Gasteiger partial charge in [-0.25, -0.2) is 0 Å². The Morgan fingerprint density at radius 2 is 1.10 bits per heavy atom. The van der Waals surface area contributed by atoms with Gasteiger partial charge in [-0.2, -0.15) is 10.2 Å². The number of carbonyl (C=O) groups is 2. The van der Waals surface area contributed by atoms with Crippen LogP contribution in [0.25, 0.3) is 21.8 Å². The average Bonchev–Trinajstić information content (AvgIpc) is 3.89. The zero-order valence-corrected chi connectivity index (χ0v) is 45.7. The van der Waals surface area contributed by atoms with Crippen LogP contribution in [0.2, 0.25) is 10.0 Å². The number of rotatable bonds is 17. The van der Waals surface area contributed by atoms with Crippen LogP contribution in [0, 0.1) is 11.8 Å². The molecule has 2 saturated carbocycles. The number of halogens is 2. The molecular weight excluding hydrogens is 1020 g/mol. The first-order chi connectivity index (χ1) is 37.2. The lowest BCUT2D eigenvalue weighted by Crippen LogP contribution is -2.48. The second kappa shape index (κ2) is 24.6. The lowest BCUT2D eigenvalue weighted by atomic mass is 10.00. The van der Waals surface area contributed by atoms with Gasteiger partial charge in [-0.1, -0.05) is 35.3 Å². The summed E-state index contributed by atoms with van der Waals surface area (Å²) in [6.07, 6.45) is 13.3. The zero-order valence-electron chi connectivity index (χ0n) is 44.2. The molecule has 0 unspecified atom stereocenters. The minimum atomic E-state index is -0.863. The number of aliphatic hydroxyl groups is 2. The third-order valence-corrected chi connectivity index (χ3v) is 16.5. The van der Waals surface area contributed by atoms with Gasteiger partial charge in [0.15, 0.2) is 0 Å². The number of hydrogen-bond donors (Lipinski definition) is 5. The van der Waals surface area contributed by atoms with Crippen LogP contribution >= 0.6 is 23.2 Å². The average molecular weight is 1090 g/mol. The summed E-state index contributed by atoms with van der Waals surface area (Å²) in [6, 6.07) is 22.7. The molecule has 0 bridgehead atoms. The van der Waals surface area contributed by atoms with Crippen molar-refractivity contribution >= 4 is 68.3 Å². The maximum Gasteiger partial charge on any atom is 0.308 e. The van der Waals surface area contributed by atoms with Crippen molar-refractivity contribution in [3.8, 4) is 11.5 Å². The molecule has 412 valence electrons. The van der Waals surface area contributed by atoms with E-state index in [0.29, 0.717) is 52.8 Å². The second-order valence-electron chi connectivity index (χ2n) is 21.9. The fourth-order valence-corrected chi connectivity index (χ4v) is 11.5. The van der Waals surface area contributed by atoms with Gasteiger partial charge in [0.05, 0.1) is 69.7 Å². The van der Waals surface area contributed by atoms with Gasteiger partial charge >= 0.3 is 5.97 Å². The predicted octanol–water partition coefficient (Wildman–Crippen LogP) is 7.73. The molecule has 19 heteroatoms. The highest BCUT2D eigenvalue weighted by atomic mass is 35.5. The van der Waals surface area contributed by atoms with Crippen molar-refractivity contribution in [2.75, 3.05) is 75.2 Å². The van der Waals surface area contributed by atoms with Gasteiger partial charge in [0.1, 0.15) is 17.6 Å². The maximum absolute atomic E-state index is 13.5. The Morgan fingerprint density at radius 1 is 0.636 bits per heavy atom. The van der Waals surface area contributed by atoms with Gasteiger partial charge in [0.2, 0.25) is 5.91 Å². The molecule has 0 radical (unpaired) electrons. The number of carboxylic acids is 1. The van der Waals surface area contributed by atoms with E-state index in [4.69, 9.17) is 43.5 Å². The van der Waals surface area contributed by atoms with Crippen LogP contribution in [0.3, 0.4) is 0 Å². The topological polar surface area (TPSA) is 200 Å². The number of benzene rings is 4. The fraction of sp³-hybridized carbons (Fsp3) is 0.517. The number of ether oxygens (including phenoxy) is 2. The first kappa shape index (κ1) is 54.7. The Kier molecular flexibility index (Phi) is 17.4. The van der Waals surface area contributed by atoms with E-state index in [0.717, 1.165) is 136 Å². The Bertz CT molecular complexity index is 2990. The van der Waals surface area contributed by atoms with Gasteiger partial charge in [-0.05, 0) is 162 Å². The van der Waals surface area contributed by atoms with Crippen molar-refractivity contribution < 1.29 is 34.4 Å². The van der Waals surface area contributed by atoms with Crippen molar-refractivity contribution in [2.24, 2.45) is 31.7 Å². The minimum Gasteiger partial charge on any atom is -0.489 e. The maximum atomic E-state index is 13.5. The summed E-state index contributed by atoms with van der Waals surface area (Å²) in [7, 11) is 3.85. The number of likely N-dealkylation sites (tertiary alicyclic amines) is 2. The van der Waals surface area contributed by atoms with Gasteiger partial charge in [0.25, 0.3) is 0 Å². The predicted molar refractivity (Wildman–Crippen MR) is 301 cm³/mol. The summed E-state index contributed by atoms with van der Waals surface area (Å²) in [6.45, 7) is 8.35. The molecule has 12 rings (SSSR count). The van der Waals surface area contributed by atoms with Crippen LogP contribution in [0.1, 0.15) is 87.5 Å². The summed E-state index contributed by atoms with van der Waals surface area (Å²) < 4.78 is 15.3. The Balaban J connectivity index is 0.000000145. The Morgan fingerprint density at radius 3 is 1.57 bits per heavy atom. The molecule has 77 heavy (non-hydrogen) atoms. The third kappa shape index (κ3) is 13.8. The first-order valence-corrected chi connectivity index (χ1v) is 28.3. The molecule has 4 aromatic carbocycles. The molecule has 6 fully saturated rings. The van der Waals surface area contributed by atoms with Crippen LogP contribution in [-0.4, -0.2) is 146 Å². The monoisotopic (exact) mass is 1090 g/mol. The van der Waals surface area contributed by atoms with Gasteiger partial charge in [0, 0.05) is 81.6 Å². The highest BCUT2D eigenvalue weighted by molar-refractivity contribution is 6.32. The van der Waals surface area contributed by atoms with E-state index in [9.17, 15) is 19.8 Å². The van der Waals surface area contributed by atoms with Crippen LogP contribution in [0.15, 0.2) is 85.2 Å². The van der Waals surface area contributed by atoms with E-state index < -0.39 is 24.2 Å².